The number of hydrogen-bond acceptors (Lipinski definition) is 7. The van der Waals surface area contributed by atoms with Crippen LogP contribution in [0.3, 0.4) is 0 Å². The number of rotatable bonds is 4. The standard InChI is InChI=1S/C20H18N4O5S2/c1-10(2)24-19(27)14-6-4-12(8-17(14)31(24,28)29)18(26)23-20-22-15-7-5-13(21-11(3)25)9-16(15)30-20/h4-10H,1-3H3,(H,21,25)(H,22,23,26). The molecule has 3 aromatic rings. The Hall–Kier alpha value is -3.31. The van der Waals surface area contributed by atoms with E-state index in [1.807, 2.05) is 0 Å². The highest BCUT2D eigenvalue weighted by atomic mass is 32.2. The van der Waals surface area contributed by atoms with Crippen molar-refractivity contribution in [3.05, 3.63) is 47.5 Å². The third-order valence-corrected chi connectivity index (χ3v) is 7.54. The summed E-state index contributed by atoms with van der Waals surface area (Å²) in [5.74, 6) is -1.34. The maximum Gasteiger partial charge on any atom is 0.269 e. The molecule has 0 aliphatic carbocycles. The molecule has 1 aliphatic heterocycles. The summed E-state index contributed by atoms with van der Waals surface area (Å²) in [5.41, 5.74) is 1.41. The van der Waals surface area contributed by atoms with Crippen LogP contribution in [0, 0.1) is 0 Å². The van der Waals surface area contributed by atoms with E-state index in [0.29, 0.717) is 16.3 Å². The maximum absolute atomic E-state index is 12.7. The Labute approximate surface area is 182 Å². The SMILES string of the molecule is CC(=O)Nc1ccc2nc(NC(=O)c3ccc4c(c3)S(=O)(=O)N(C(C)C)C4=O)sc2c1. The number of anilines is 2. The van der Waals surface area contributed by atoms with E-state index in [-0.39, 0.29) is 21.9 Å². The predicted molar refractivity (Wildman–Crippen MR) is 117 cm³/mol. The van der Waals surface area contributed by atoms with E-state index in [9.17, 15) is 22.8 Å². The van der Waals surface area contributed by atoms with Crippen molar-refractivity contribution in [3.8, 4) is 0 Å². The fourth-order valence-corrected chi connectivity index (χ4v) is 6.02. The molecule has 160 valence electrons. The summed E-state index contributed by atoms with van der Waals surface area (Å²) >= 11 is 1.22. The molecule has 4 rings (SSSR count). The minimum absolute atomic E-state index is 0.0516. The number of carbonyl (C=O) groups is 3. The summed E-state index contributed by atoms with van der Waals surface area (Å²) in [6, 6.07) is 8.62. The van der Waals surface area contributed by atoms with Gasteiger partial charge in [0.25, 0.3) is 21.8 Å². The average Bonchev–Trinajstić information content (AvgIpc) is 3.16. The van der Waals surface area contributed by atoms with Crippen LogP contribution in [0.5, 0.6) is 0 Å². The molecule has 9 nitrogen and oxygen atoms in total. The molecular weight excluding hydrogens is 440 g/mol. The molecule has 11 heteroatoms. The van der Waals surface area contributed by atoms with Gasteiger partial charge in [0.15, 0.2) is 5.13 Å². The van der Waals surface area contributed by atoms with E-state index in [4.69, 9.17) is 0 Å². The molecule has 0 bridgehead atoms. The summed E-state index contributed by atoms with van der Waals surface area (Å²) in [6.07, 6.45) is 0. The van der Waals surface area contributed by atoms with Gasteiger partial charge in [-0.05, 0) is 50.2 Å². The Morgan fingerprint density at radius 2 is 1.84 bits per heavy atom. The van der Waals surface area contributed by atoms with Crippen molar-refractivity contribution >= 4 is 60.1 Å². The topological polar surface area (TPSA) is 126 Å². The minimum atomic E-state index is -4.00. The number of fused-ring (bicyclic) bond motifs is 2. The van der Waals surface area contributed by atoms with Gasteiger partial charge in [-0.25, -0.2) is 17.7 Å². The quantitative estimate of drug-likeness (QED) is 0.619. The summed E-state index contributed by atoms with van der Waals surface area (Å²) in [4.78, 5) is 40.5. The molecule has 3 amide bonds. The molecule has 2 N–H and O–H groups in total. The first-order chi connectivity index (χ1) is 14.6. The second-order valence-electron chi connectivity index (χ2n) is 7.25. The van der Waals surface area contributed by atoms with Crippen LogP contribution in [0.4, 0.5) is 10.8 Å². The fraction of sp³-hybridized carbons (Fsp3) is 0.200. The minimum Gasteiger partial charge on any atom is -0.326 e. The molecule has 0 fully saturated rings. The molecule has 2 aromatic carbocycles. The number of sulfonamides is 1. The van der Waals surface area contributed by atoms with Gasteiger partial charge in [0, 0.05) is 24.2 Å². The molecule has 31 heavy (non-hydrogen) atoms. The number of thiazole rings is 1. The molecule has 0 spiro atoms. The highest BCUT2D eigenvalue weighted by Crippen LogP contribution is 2.33. The van der Waals surface area contributed by atoms with E-state index in [1.54, 1.807) is 32.0 Å². The van der Waals surface area contributed by atoms with Crippen molar-refractivity contribution in [2.75, 3.05) is 10.6 Å². The first-order valence-electron chi connectivity index (χ1n) is 9.30. The van der Waals surface area contributed by atoms with Crippen molar-refractivity contribution in [2.24, 2.45) is 0 Å². The van der Waals surface area contributed by atoms with Crippen molar-refractivity contribution in [2.45, 2.75) is 31.7 Å². The zero-order valence-electron chi connectivity index (χ0n) is 16.8. The van der Waals surface area contributed by atoms with E-state index >= 15 is 0 Å². The first-order valence-corrected chi connectivity index (χ1v) is 11.6. The Kier molecular flexibility index (Phi) is 5.02. The highest BCUT2D eigenvalue weighted by Gasteiger charge is 2.42. The zero-order chi connectivity index (χ0) is 22.5. The molecule has 1 aromatic heterocycles. The summed E-state index contributed by atoms with van der Waals surface area (Å²) < 4.78 is 27.0. The molecule has 0 radical (unpaired) electrons. The molecule has 0 saturated heterocycles. The molecule has 0 saturated carbocycles. The maximum atomic E-state index is 12.7. The second-order valence-corrected chi connectivity index (χ2v) is 10.1. The lowest BCUT2D eigenvalue weighted by Crippen LogP contribution is -2.36. The third-order valence-electron chi connectivity index (χ3n) is 4.61. The summed E-state index contributed by atoms with van der Waals surface area (Å²) in [7, 11) is -4.00. The van der Waals surface area contributed by atoms with Gasteiger partial charge in [0.2, 0.25) is 5.91 Å². The van der Waals surface area contributed by atoms with Gasteiger partial charge in [0.1, 0.15) is 4.90 Å². The first kappa shape index (κ1) is 20.9. The number of nitrogens with one attached hydrogen (secondary N) is 2. The number of hydrogen-bond donors (Lipinski definition) is 2. The third kappa shape index (κ3) is 3.66. The van der Waals surface area contributed by atoms with Crippen LogP contribution < -0.4 is 10.6 Å². The van der Waals surface area contributed by atoms with Crippen molar-refractivity contribution < 1.29 is 22.8 Å². The number of amides is 3. The summed E-state index contributed by atoms with van der Waals surface area (Å²) in [6.45, 7) is 4.63. The Morgan fingerprint density at radius 1 is 1.10 bits per heavy atom. The number of carbonyl (C=O) groups excluding carboxylic acids is 3. The van der Waals surface area contributed by atoms with Crippen molar-refractivity contribution in [3.63, 3.8) is 0 Å². The molecule has 0 atom stereocenters. The van der Waals surface area contributed by atoms with Crippen LogP contribution in [-0.4, -0.2) is 41.5 Å². The van der Waals surface area contributed by atoms with Gasteiger partial charge in [0.05, 0.1) is 15.8 Å². The molecular formula is C20H18N4O5S2. The van der Waals surface area contributed by atoms with Gasteiger partial charge >= 0.3 is 0 Å². The van der Waals surface area contributed by atoms with Crippen molar-refractivity contribution in [1.29, 1.82) is 0 Å². The van der Waals surface area contributed by atoms with E-state index < -0.39 is 27.9 Å². The Bertz CT molecular complexity index is 1360. The second kappa shape index (κ2) is 7.43. The monoisotopic (exact) mass is 458 g/mol. The molecule has 1 aliphatic rings. The van der Waals surface area contributed by atoms with E-state index in [2.05, 4.69) is 15.6 Å². The van der Waals surface area contributed by atoms with Crippen LogP contribution in [-0.2, 0) is 14.8 Å². The molecule has 0 unspecified atom stereocenters. The lowest BCUT2D eigenvalue weighted by molar-refractivity contribution is -0.114. The summed E-state index contributed by atoms with van der Waals surface area (Å²) in [5, 5.41) is 5.67. The van der Waals surface area contributed by atoms with E-state index in [0.717, 1.165) is 9.01 Å². The van der Waals surface area contributed by atoms with Crippen LogP contribution in [0.1, 0.15) is 41.5 Å². The highest BCUT2D eigenvalue weighted by molar-refractivity contribution is 7.90. The largest absolute Gasteiger partial charge is 0.326 e. The van der Waals surface area contributed by atoms with Crippen molar-refractivity contribution in [1.82, 2.24) is 9.29 Å². The smallest absolute Gasteiger partial charge is 0.269 e. The van der Waals surface area contributed by atoms with Gasteiger partial charge in [-0.1, -0.05) is 11.3 Å². The number of nitrogens with zero attached hydrogens (tertiary/aromatic N) is 2. The van der Waals surface area contributed by atoms with Crippen LogP contribution in [0.15, 0.2) is 41.3 Å². The van der Waals surface area contributed by atoms with Gasteiger partial charge < -0.3 is 5.32 Å². The normalized spacial score (nSPS) is 14.7. The Balaban J connectivity index is 1.61. The van der Waals surface area contributed by atoms with Crippen LogP contribution in [0.25, 0.3) is 10.2 Å². The zero-order valence-corrected chi connectivity index (χ0v) is 18.4. The van der Waals surface area contributed by atoms with Crippen LogP contribution in [0.2, 0.25) is 0 Å². The fourth-order valence-electron chi connectivity index (χ4n) is 3.33. The number of aromatic nitrogens is 1. The lowest BCUT2D eigenvalue weighted by Gasteiger charge is -2.18. The van der Waals surface area contributed by atoms with Gasteiger partial charge in [-0.3, -0.25) is 19.7 Å². The van der Waals surface area contributed by atoms with Gasteiger partial charge in [-0.15, -0.1) is 0 Å². The number of benzene rings is 2. The average molecular weight is 459 g/mol. The van der Waals surface area contributed by atoms with Gasteiger partial charge in [-0.2, -0.15) is 0 Å². The lowest BCUT2D eigenvalue weighted by atomic mass is 10.1. The predicted octanol–water partition coefficient (Wildman–Crippen LogP) is 3.06. The molecule has 2 heterocycles. The van der Waals surface area contributed by atoms with Crippen LogP contribution >= 0.6 is 11.3 Å². The Morgan fingerprint density at radius 3 is 2.52 bits per heavy atom. The van der Waals surface area contributed by atoms with E-state index in [1.165, 1.54) is 36.5 Å².